The summed E-state index contributed by atoms with van der Waals surface area (Å²) in [6.45, 7) is 0.0880. The molecule has 0 bridgehead atoms. The van der Waals surface area contributed by atoms with Crippen LogP contribution in [0.4, 0.5) is 0 Å². The van der Waals surface area contributed by atoms with Crippen molar-refractivity contribution in [3.63, 3.8) is 0 Å². The Morgan fingerprint density at radius 2 is 1.60 bits per heavy atom. The summed E-state index contributed by atoms with van der Waals surface area (Å²) in [5, 5.41) is 35.8. The predicted molar refractivity (Wildman–Crippen MR) is 58.4 cm³/mol. The Labute approximate surface area is 90.9 Å². The van der Waals surface area contributed by atoms with Crippen LogP contribution in [-0.2, 0) is 0 Å². The zero-order valence-corrected chi connectivity index (χ0v) is 9.05. The lowest BCUT2D eigenvalue weighted by atomic mass is 10.0. The molecule has 0 spiro atoms. The minimum absolute atomic E-state index is 0.125. The molecule has 0 aliphatic carbocycles. The number of aliphatic hydroxyl groups excluding tert-OH is 4. The molecule has 0 saturated carbocycles. The summed E-state index contributed by atoms with van der Waals surface area (Å²) in [5.74, 6) is 0. The highest BCUT2D eigenvalue weighted by atomic mass is 16.3. The largest absolute Gasteiger partial charge is 0.396 e. The molecule has 2 unspecified atom stereocenters. The summed E-state index contributed by atoms with van der Waals surface area (Å²) in [5.41, 5.74) is 0. The van der Waals surface area contributed by atoms with Gasteiger partial charge in [0.05, 0.1) is 18.8 Å². The highest BCUT2D eigenvalue weighted by molar-refractivity contribution is 4.91. The lowest BCUT2D eigenvalue weighted by Gasteiger charge is -2.13. The monoisotopic (exact) mass is 218 g/mol. The minimum atomic E-state index is -0.894. The molecule has 4 N–H and O–H groups in total. The van der Waals surface area contributed by atoms with Crippen LogP contribution in [0.25, 0.3) is 0 Å². The van der Waals surface area contributed by atoms with Gasteiger partial charge in [0, 0.05) is 6.61 Å². The van der Waals surface area contributed by atoms with E-state index in [1.165, 1.54) is 12.2 Å². The van der Waals surface area contributed by atoms with Crippen molar-refractivity contribution in [3.05, 3.63) is 12.2 Å². The fourth-order valence-corrected chi connectivity index (χ4v) is 1.32. The molecule has 0 aromatic carbocycles. The van der Waals surface area contributed by atoms with Crippen LogP contribution in [0.2, 0.25) is 0 Å². The van der Waals surface area contributed by atoms with Gasteiger partial charge in [-0.15, -0.1) is 0 Å². The first-order chi connectivity index (χ1) is 7.22. The van der Waals surface area contributed by atoms with E-state index in [9.17, 15) is 10.2 Å². The molecule has 0 radical (unpaired) electrons. The van der Waals surface area contributed by atoms with Crippen molar-refractivity contribution in [1.82, 2.24) is 0 Å². The van der Waals surface area contributed by atoms with E-state index in [0.717, 1.165) is 25.7 Å². The van der Waals surface area contributed by atoms with Crippen LogP contribution in [0.5, 0.6) is 0 Å². The average Bonchev–Trinajstić information content (AvgIpc) is 2.25. The zero-order chi connectivity index (χ0) is 11.5. The van der Waals surface area contributed by atoms with Crippen LogP contribution in [0.15, 0.2) is 12.2 Å². The Balaban J connectivity index is 3.46. The summed E-state index contributed by atoms with van der Waals surface area (Å²) < 4.78 is 0. The molecule has 0 amide bonds. The molecule has 0 fully saturated rings. The second kappa shape index (κ2) is 10.1. The van der Waals surface area contributed by atoms with Crippen molar-refractivity contribution in [2.75, 3.05) is 13.2 Å². The minimum Gasteiger partial charge on any atom is -0.396 e. The lowest BCUT2D eigenvalue weighted by Crippen LogP contribution is -2.23. The number of aliphatic hydroxyl groups is 4. The smallest absolute Gasteiger partial charge is 0.0980 e. The van der Waals surface area contributed by atoms with Crippen LogP contribution in [0.3, 0.4) is 0 Å². The number of hydrogen-bond acceptors (Lipinski definition) is 4. The fraction of sp³-hybridized carbons (Fsp3) is 0.818. The maximum Gasteiger partial charge on any atom is 0.0980 e. The second-order valence-corrected chi connectivity index (χ2v) is 3.60. The van der Waals surface area contributed by atoms with E-state index in [2.05, 4.69) is 0 Å². The van der Waals surface area contributed by atoms with Crippen LogP contribution in [0.1, 0.15) is 32.1 Å². The molecule has 0 heterocycles. The summed E-state index contributed by atoms with van der Waals surface area (Å²) in [6, 6.07) is 0. The molecule has 0 rings (SSSR count). The standard InChI is InChI=1S/C11H22O4/c12-8-4-2-1-3-6-10(14)11(15)7-5-9-13/h5,7,10-15H,1-4,6,8-9H2. The molecule has 0 aromatic heterocycles. The highest BCUT2D eigenvalue weighted by Crippen LogP contribution is 2.08. The van der Waals surface area contributed by atoms with E-state index in [0.29, 0.717) is 6.42 Å². The van der Waals surface area contributed by atoms with Gasteiger partial charge in [-0.1, -0.05) is 31.4 Å². The van der Waals surface area contributed by atoms with E-state index in [1.807, 2.05) is 0 Å². The summed E-state index contributed by atoms with van der Waals surface area (Å²) in [4.78, 5) is 0. The molecule has 0 aromatic rings. The van der Waals surface area contributed by atoms with E-state index in [4.69, 9.17) is 10.2 Å². The number of unbranched alkanes of at least 4 members (excludes halogenated alkanes) is 3. The van der Waals surface area contributed by atoms with Crippen molar-refractivity contribution >= 4 is 0 Å². The summed E-state index contributed by atoms with van der Waals surface area (Å²) in [6.07, 6.45) is 5.24. The van der Waals surface area contributed by atoms with Gasteiger partial charge in [-0.2, -0.15) is 0 Å². The molecule has 4 heteroatoms. The first-order valence-electron chi connectivity index (χ1n) is 5.47. The third kappa shape index (κ3) is 8.57. The second-order valence-electron chi connectivity index (χ2n) is 3.60. The van der Waals surface area contributed by atoms with Gasteiger partial charge in [0.2, 0.25) is 0 Å². The zero-order valence-electron chi connectivity index (χ0n) is 9.05. The van der Waals surface area contributed by atoms with E-state index < -0.39 is 12.2 Å². The number of rotatable bonds is 9. The molecule has 90 valence electrons. The van der Waals surface area contributed by atoms with E-state index in [1.54, 1.807) is 0 Å². The predicted octanol–water partition coefficient (Wildman–Crippen LogP) is 0.199. The quantitative estimate of drug-likeness (QED) is 0.329. The average molecular weight is 218 g/mol. The number of hydrogen-bond donors (Lipinski definition) is 4. The topological polar surface area (TPSA) is 80.9 Å². The van der Waals surface area contributed by atoms with Gasteiger partial charge in [0.15, 0.2) is 0 Å². The first kappa shape index (κ1) is 14.6. The van der Waals surface area contributed by atoms with Crippen molar-refractivity contribution in [3.8, 4) is 0 Å². The highest BCUT2D eigenvalue weighted by Gasteiger charge is 2.11. The molecular formula is C11H22O4. The van der Waals surface area contributed by atoms with Gasteiger partial charge in [-0.05, 0) is 12.8 Å². The van der Waals surface area contributed by atoms with E-state index >= 15 is 0 Å². The Morgan fingerprint density at radius 1 is 0.933 bits per heavy atom. The normalized spacial score (nSPS) is 15.7. The molecule has 0 aliphatic heterocycles. The third-order valence-corrected chi connectivity index (χ3v) is 2.24. The Hall–Kier alpha value is -0.420. The maximum absolute atomic E-state index is 9.47. The van der Waals surface area contributed by atoms with Gasteiger partial charge < -0.3 is 20.4 Å². The van der Waals surface area contributed by atoms with Crippen LogP contribution < -0.4 is 0 Å². The maximum atomic E-state index is 9.47. The Bertz CT molecular complexity index is 159. The van der Waals surface area contributed by atoms with E-state index in [-0.39, 0.29) is 13.2 Å². The van der Waals surface area contributed by atoms with Gasteiger partial charge in [0.1, 0.15) is 0 Å². The Kier molecular flexibility index (Phi) is 9.83. The van der Waals surface area contributed by atoms with Crippen LogP contribution >= 0.6 is 0 Å². The molecule has 0 aliphatic rings. The SMILES string of the molecule is OCC=CC(O)C(O)CCCCCCO. The molecule has 0 saturated heterocycles. The van der Waals surface area contributed by atoms with Gasteiger partial charge >= 0.3 is 0 Å². The Morgan fingerprint density at radius 3 is 2.20 bits per heavy atom. The van der Waals surface area contributed by atoms with Crippen LogP contribution in [-0.4, -0.2) is 45.8 Å². The van der Waals surface area contributed by atoms with Gasteiger partial charge in [-0.25, -0.2) is 0 Å². The first-order valence-corrected chi connectivity index (χ1v) is 5.47. The molecular weight excluding hydrogens is 196 g/mol. The third-order valence-electron chi connectivity index (χ3n) is 2.24. The summed E-state index contributed by atoms with van der Waals surface area (Å²) in [7, 11) is 0. The van der Waals surface area contributed by atoms with Gasteiger partial charge in [0.25, 0.3) is 0 Å². The van der Waals surface area contributed by atoms with Crippen LogP contribution in [0, 0.1) is 0 Å². The fourth-order valence-electron chi connectivity index (χ4n) is 1.32. The van der Waals surface area contributed by atoms with Crippen molar-refractivity contribution in [2.24, 2.45) is 0 Å². The molecule has 15 heavy (non-hydrogen) atoms. The lowest BCUT2D eigenvalue weighted by molar-refractivity contribution is 0.0411. The molecule has 2 atom stereocenters. The van der Waals surface area contributed by atoms with Crippen molar-refractivity contribution in [1.29, 1.82) is 0 Å². The van der Waals surface area contributed by atoms with Gasteiger partial charge in [-0.3, -0.25) is 0 Å². The molecule has 4 nitrogen and oxygen atoms in total. The summed E-state index contributed by atoms with van der Waals surface area (Å²) >= 11 is 0. The van der Waals surface area contributed by atoms with Crippen molar-refractivity contribution < 1.29 is 20.4 Å². The van der Waals surface area contributed by atoms with Crippen molar-refractivity contribution in [2.45, 2.75) is 44.3 Å².